The second kappa shape index (κ2) is 7.67. The lowest BCUT2D eigenvalue weighted by atomic mass is 9.97. The van der Waals surface area contributed by atoms with Crippen LogP contribution in [-0.4, -0.2) is 22.2 Å². The van der Waals surface area contributed by atoms with E-state index in [4.69, 9.17) is 11.6 Å². The summed E-state index contributed by atoms with van der Waals surface area (Å²) >= 11 is 6.26. The summed E-state index contributed by atoms with van der Waals surface area (Å²) in [7, 11) is 1.81. The van der Waals surface area contributed by atoms with E-state index in [-0.39, 0.29) is 5.91 Å². The van der Waals surface area contributed by atoms with Gasteiger partial charge in [0.15, 0.2) is 0 Å². The average molecular weight is 344 g/mol. The molecule has 0 atom stereocenters. The fourth-order valence-electron chi connectivity index (χ4n) is 3.07. The van der Waals surface area contributed by atoms with Crippen molar-refractivity contribution < 1.29 is 4.79 Å². The lowest BCUT2D eigenvalue weighted by molar-refractivity contribution is 0.0954. The molecule has 1 amide bonds. The van der Waals surface area contributed by atoms with Crippen LogP contribution in [0.15, 0.2) is 42.1 Å². The molecule has 1 aliphatic rings. The molecule has 5 heteroatoms. The third-order valence-electron chi connectivity index (χ3n) is 4.32. The minimum absolute atomic E-state index is 0.102. The molecule has 0 saturated carbocycles. The Morgan fingerprint density at radius 3 is 2.92 bits per heavy atom. The molecule has 1 aliphatic carbocycles. The van der Waals surface area contributed by atoms with Crippen molar-refractivity contribution in [3.05, 3.63) is 52.7 Å². The fourth-order valence-corrected chi connectivity index (χ4v) is 3.30. The number of rotatable bonds is 5. The minimum Gasteiger partial charge on any atom is -0.352 e. The maximum Gasteiger partial charge on any atom is 0.255 e. The van der Waals surface area contributed by atoms with Crippen LogP contribution < -0.4 is 5.32 Å². The first-order valence-corrected chi connectivity index (χ1v) is 8.77. The van der Waals surface area contributed by atoms with Gasteiger partial charge < -0.3 is 5.32 Å². The van der Waals surface area contributed by atoms with Gasteiger partial charge in [0, 0.05) is 25.4 Å². The molecule has 24 heavy (non-hydrogen) atoms. The van der Waals surface area contributed by atoms with Gasteiger partial charge in [0.05, 0.1) is 10.6 Å². The zero-order valence-corrected chi connectivity index (χ0v) is 14.6. The highest BCUT2D eigenvalue weighted by Crippen LogP contribution is 2.29. The van der Waals surface area contributed by atoms with Crippen LogP contribution >= 0.6 is 11.6 Å². The van der Waals surface area contributed by atoms with Crippen molar-refractivity contribution in [3.63, 3.8) is 0 Å². The van der Waals surface area contributed by atoms with E-state index in [0.29, 0.717) is 22.8 Å². The molecule has 1 heterocycles. The van der Waals surface area contributed by atoms with Crippen LogP contribution in [0.3, 0.4) is 0 Å². The number of allylic oxidation sites excluding steroid dienone is 1. The molecule has 0 aliphatic heterocycles. The van der Waals surface area contributed by atoms with E-state index in [9.17, 15) is 4.79 Å². The van der Waals surface area contributed by atoms with Crippen LogP contribution in [0.5, 0.6) is 0 Å². The first-order chi connectivity index (χ1) is 11.6. The SMILES string of the molecule is Cn1cc(C(=O)NCCC2=CCCCC2)c(-c2ccccc2Cl)n1. The monoisotopic (exact) mass is 343 g/mol. The van der Waals surface area contributed by atoms with Gasteiger partial charge in [-0.15, -0.1) is 0 Å². The number of carbonyl (C=O) groups is 1. The smallest absolute Gasteiger partial charge is 0.255 e. The highest BCUT2D eigenvalue weighted by Gasteiger charge is 2.18. The molecule has 0 saturated heterocycles. The number of nitrogens with zero attached hydrogens (tertiary/aromatic N) is 2. The summed E-state index contributed by atoms with van der Waals surface area (Å²) < 4.78 is 1.65. The van der Waals surface area contributed by atoms with E-state index in [1.165, 1.54) is 24.8 Å². The number of hydrogen-bond acceptors (Lipinski definition) is 2. The van der Waals surface area contributed by atoms with Gasteiger partial charge in [-0.2, -0.15) is 5.10 Å². The quantitative estimate of drug-likeness (QED) is 0.820. The largest absolute Gasteiger partial charge is 0.352 e. The van der Waals surface area contributed by atoms with Gasteiger partial charge in [-0.3, -0.25) is 9.48 Å². The van der Waals surface area contributed by atoms with E-state index in [0.717, 1.165) is 18.4 Å². The average Bonchev–Trinajstić information content (AvgIpc) is 2.98. The van der Waals surface area contributed by atoms with Gasteiger partial charge in [0.1, 0.15) is 5.69 Å². The summed E-state index contributed by atoms with van der Waals surface area (Å²) in [4.78, 5) is 12.6. The van der Waals surface area contributed by atoms with Crippen molar-refractivity contribution in [2.24, 2.45) is 7.05 Å². The lowest BCUT2D eigenvalue weighted by Crippen LogP contribution is -2.25. The molecule has 4 nitrogen and oxygen atoms in total. The van der Waals surface area contributed by atoms with Crippen molar-refractivity contribution in [2.45, 2.75) is 32.1 Å². The number of benzene rings is 1. The third-order valence-corrected chi connectivity index (χ3v) is 4.65. The molecule has 1 N–H and O–H groups in total. The predicted molar refractivity (Wildman–Crippen MR) is 97.2 cm³/mol. The lowest BCUT2D eigenvalue weighted by Gasteiger charge is -2.13. The zero-order chi connectivity index (χ0) is 16.9. The number of aromatic nitrogens is 2. The molecular weight excluding hydrogens is 322 g/mol. The van der Waals surface area contributed by atoms with Gasteiger partial charge in [0.2, 0.25) is 0 Å². The predicted octanol–water partition coefficient (Wildman–Crippen LogP) is 4.36. The Bertz CT molecular complexity index is 764. The van der Waals surface area contributed by atoms with Crippen LogP contribution in [-0.2, 0) is 7.05 Å². The zero-order valence-electron chi connectivity index (χ0n) is 13.9. The Hall–Kier alpha value is -2.07. The van der Waals surface area contributed by atoms with E-state index in [1.807, 2.05) is 31.3 Å². The highest BCUT2D eigenvalue weighted by atomic mass is 35.5. The Labute approximate surface area is 147 Å². The molecule has 0 radical (unpaired) electrons. The Kier molecular flexibility index (Phi) is 5.36. The second-order valence-corrected chi connectivity index (χ2v) is 6.57. The summed E-state index contributed by atoms with van der Waals surface area (Å²) in [6.07, 6.45) is 9.86. The molecular formula is C19H22ClN3O. The van der Waals surface area contributed by atoms with E-state index in [2.05, 4.69) is 16.5 Å². The van der Waals surface area contributed by atoms with Crippen LogP contribution in [0.25, 0.3) is 11.3 Å². The molecule has 126 valence electrons. The Balaban J connectivity index is 1.71. The molecule has 0 bridgehead atoms. The summed E-state index contributed by atoms with van der Waals surface area (Å²) in [6, 6.07) is 7.45. The van der Waals surface area contributed by atoms with E-state index in [1.54, 1.807) is 10.9 Å². The second-order valence-electron chi connectivity index (χ2n) is 6.16. The number of halogens is 1. The van der Waals surface area contributed by atoms with E-state index >= 15 is 0 Å². The number of aryl methyl sites for hydroxylation is 1. The standard InChI is InChI=1S/C19H22ClN3O/c1-23-13-16(18(22-23)15-9-5-6-10-17(15)20)19(24)21-12-11-14-7-3-2-4-8-14/h5-7,9-10,13H,2-4,8,11-12H2,1H3,(H,21,24). The summed E-state index contributed by atoms with van der Waals surface area (Å²) in [5, 5.41) is 8.03. The van der Waals surface area contributed by atoms with E-state index < -0.39 is 0 Å². The summed E-state index contributed by atoms with van der Waals surface area (Å²) in [5.41, 5.74) is 3.42. The fraction of sp³-hybridized carbons (Fsp3) is 0.368. The van der Waals surface area contributed by atoms with Crippen molar-refractivity contribution in [3.8, 4) is 11.3 Å². The summed E-state index contributed by atoms with van der Waals surface area (Å²) in [5.74, 6) is -0.102. The van der Waals surface area contributed by atoms with Gasteiger partial charge in [-0.1, -0.05) is 41.4 Å². The highest BCUT2D eigenvalue weighted by molar-refractivity contribution is 6.33. The van der Waals surface area contributed by atoms with Crippen LogP contribution in [0, 0.1) is 0 Å². The topological polar surface area (TPSA) is 46.9 Å². The van der Waals surface area contributed by atoms with Gasteiger partial charge in [-0.05, 0) is 38.2 Å². The van der Waals surface area contributed by atoms with Crippen molar-refractivity contribution in [2.75, 3.05) is 6.54 Å². The number of nitrogens with one attached hydrogen (secondary N) is 1. The van der Waals surface area contributed by atoms with Crippen LogP contribution in [0.1, 0.15) is 42.5 Å². The minimum atomic E-state index is -0.102. The normalized spacial score (nSPS) is 14.3. The Morgan fingerprint density at radius 2 is 2.17 bits per heavy atom. The molecule has 2 aromatic rings. The van der Waals surface area contributed by atoms with Gasteiger partial charge >= 0.3 is 0 Å². The van der Waals surface area contributed by atoms with Gasteiger partial charge in [0.25, 0.3) is 5.91 Å². The number of amides is 1. The number of hydrogen-bond donors (Lipinski definition) is 1. The first kappa shape index (κ1) is 16.8. The molecule has 0 spiro atoms. The maximum absolute atomic E-state index is 12.6. The van der Waals surface area contributed by atoms with Crippen molar-refractivity contribution in [1.29, 1.82) is 0 Å². The molecule has 1 aromatic carbocycles. The van der Waals surface area contributed by atoms with Crippen LogP contribution in [0.2, 0.25) is 5.02 Å². The Morgan fingerprint density at radius 1 is 1.33 bits per heavy atom. The molecule has 0 fully saturated rings. The molecule has 1 aromatic heterocycles. The maximum atomic E-state index is 12.6. The van der Waals surface area contributed by atoms with Crippen molar-refractivity contribution >= 4 is 17.5 Å². The third kappa shape index (κ3) is 3.88. The van der Waals surface area contributed by atoms with Crippen molar-refractivity contribution in [1.82, 2.24) is 15.1 Å². The van der Waals surface area contributed by atoms with Gasteiger partial charge in [-0.25, -0.2) is 0 Å². The first-order valence-electron chi connectivity index (χ1n) is 8.40. The summed E-state index contributed by atoms with van der Waals surface area (Å²) in [6.45, 7) is 0.654. The molecule has 0 unspecified atom stereocenters. The molecule has 3 rings (SSSR count). The van der Waals surface area contributed by atoms with Crippen LogP contribution in [0.4, 0.5) is 0 Å². The number of carbonyl (C=O) groups excluding carboxylic acids is 1.